The van der Waals surface area contributed by atoms with Crippen LogP contribution in [0.3, 0.4) is 0 Å². The van der Waals surface area contributed by atoms with E-state index in [4.69, 9.17) is 5.11 Å². The van der Waals surface area contributed by atoms with Crippen LogP contribution in [0.1, 0.15) is 37.4 Å². The van der Waals surface area contributed by atoms with Gasteiger partial charge in [0, 0.05) is 11.9 Å². The van der Waals surface area contributed by atoms with Crippen molar-refractivity contribution in [2.75, 3.05) is 0 Å². The van der Waals surface area contributed by atoms with Gasteiger partial charge in [-0.25, -0.2) is 4.79 Å². The molecule has 5 aromatic carbocycles. The minimum Gasteiger partial charge on any atom is -0.478 e. The highest BCUT2D eigenvalue weighted by Crippen LogP contribution is 2.33. The maximum Gasteiger partial charge on any atom is 0.416 e. The highest BCUT2D eigenvalue weighted by Gasteiger charge is 2.30. The van der Waals surface area contributed by atoms with Crippen molar-refractivity contribution in [1.29, 1.82) is 0 Å². The fraction of sp³-hybridized carbons (Fsp3) is 0.0833. The molecular weight excluding hydrogens is 579 g/mol. The summed E-state index contributed by atoms with van der Waals surface area (Å²) in [5.41, 5.74) is 5.14. The first-order chi connectivity index (χ1) is 21.7. The van der Waals surface area contributed by atoms with Crippen molar-refractivity contribution >= 4 is 22.8 Å². The van der Waals surface area contributed by atoms with Gasteiger partial charge in [-0.1, -0.05) is 72.8 Å². The molecule has 0 aliphatic carbocycles. The van der Waals surface area contributed by atoms with Gasteiger partial charge in [-0.05, 0) is 75.8 Å². The van der Waals surface area contributed by atoms with Gasteiger partial charge in [0.15, 0.2) is 0 Å². The number of rotatable bonds is 8. The molecule has 0 saturated carbocycles. The van der Waals surface area contributed by atoms with Crippen molar-refractivity contribution < 1.29 is 27.9 Å². The Hall–Kier alpha value is -5.70. The van der Waals surface area contributed by atoms with E-state index in [0.717, 1.165) is 28.8 Å². The van der Waals surface area contributed by atoms with E-state index in [2.05, 4.69) is 16.5 Å². The Bertz CT molecular complexity index is 2000. The molecule has 0 unspecified atom stereocenters. The van der Waals surface area contributed by atoms with Gasteiger partial charge >= 0.3 is 12.1 Å². The lowest BCUT2D eigenvalue weighted by Crippen LogP contribution is -2.24. The Kier molecular flexibility index (Phi) is 7.91. The molecule has 0 aliphatic heterocycles. The van der Waals surface area contributed by atoms with E-state index < -0.39 is 23.6 Å². The van der Waals surface area contributed by atoms with Gasteiger partial charge in [0.2, 0.25) is 0 Å². The summed E-state index contributed by atoms with van der Waals surface area (Å²) in [6.45, 7) is 0.513. The van der Waals surface area contributed by atoms with Gasteiger partial charge < -0.3 is 10.4 Å². The van der Waals surface area contributed by atoms with Crippen LogP contribution in [-0.4, -0.2) is 26.8 Å². The van der Waals surface area contributed by atoms with E-state index in [1.807, 2.05) is 54.6 Å². The summed E-state index contributed by atoms with van der Waals surface area (Å²) in [5.74, 6) is -1.45. The second kappa shape index (κ2) is 12.1. The molecule has 45 heavy (non-hydrogen) atoms. The topological polar surface area (TPSA) is 84.2 Å². The molecule has 0 aliphatic rings. The second-order valence-electron chi connectivity index (χ2n) is 10.6. The van der Waals surface area contributed by atoms with Crippen molar-refractivity contribution in [3.05, 3.63) is 149 Å². The quantitative estimate of drug-likeness (QED) is 0.184. The van der Waals surface area contributed by atoms with Crippen molar-refractivity contribution in [2.24, 2.45) is 0 Å². The second-order valence-corrected chi connectivity index (χ2v) is 10.6. The van der Waals surface area contributed by atoms with Crippen LogP contribution in [0.5, 0.6) is 0 Å². The number of hydrogen-bond acceptors (Lipinski definition) is 3. The first-order valence-electron chi connectivity index (χ1n) is 14.1. The normalized spacial score (nSPS) is 11.4. The summed E-state index contributed by atoms with van der Waals surface area (Å²) >= 11 is 0. The van der Waals surface area contributed by atoms with E-state index in [1.165, 1.54) is 24.3 Å². The zero-order valence-corrected chi connectivity index (χ0v) is 23.8. The van der Waals surface area contributed by atoms with Gasteiger partial charge in [0.1, 0.15) is 0 Å². The van der Waals surface area contributed by atoms with E-state index in [9.17, 15) is 22.8 Å². The number of amides is 1. The van der Waals surface area contributed by atoms with E-state index in [0.29, 0.717) is 39.7 Å². The highest BCUT2D eigenvalue weighted by molar-refractivity contribution is 6.07. The van der Waals surface area contributed by atoms with Crippen LogP contribution in [0, 0.1) is 0 Å². The maximum atomic E-state index is 13.7. The van der Waals surface area contributed by atoms with E-state index >= 15 is 0 Å². The number of nitrogens with zero attached hydrogens (tertiary/aromatic N) is 2. The average Bonchev–Trinajstić information content (AvgIpc) is 3.46. The summed E-state index contributed by atoms with van der Waals surface area (Å²) < 4.78 is 41.3. The lowest BCUT2D eigenvalue weighted by Gasteiger charge is -2.13. The molecule has 2 N–H and O–H groups in total. The van der Waals surface area contributed by atoms with Crippen molar-refractivity contribution in [3.63, 3.8) is 0 Å². The predicted molar refractivity (Wildman–Crippen MR) is 166 cm³/mol. The molecule has 0 bridgehead atoms. The first-order valence-corrected chi connectivity index (χ1v) is 14.1. The van der Waals surface area contributed by atoms with Gasteiger partial charge in [0.25, 0.3) is 5.91 Å². The lowest BCUT2D eigenvalue weighted by molar-refractivity contribution is -0.137. The predicted octanol–water partition coefficient (Wildman–Crippen LogP) is 8.07. The number of aromatic nitrogens is 2. The Morgan fingerprint density at radius 2 is 1.42 bits per heavy atom. The standard InChI is InChI=1S/C36H26F3N3O3/c37-36(38,39)31-15-13-26(14-16-31)29-18-30-21-41-42(22-24-5-4-8-28(17-24)25-6-2-1-3-7-25)33(30)32(19-29)34(43)40-20-23-9-11-27(12-10-23)35(44)45/h1-19,21H,20,22H2,(H,40,43)(H,44,45). The molecule has 0 radical (unpaired) electrons. The van der Waals surface area contributed by atoms with Gasteiger partial charge in [-0.3, -0.25) is 9.48 Å². The third-order valence-electron chi connectivity index (χ3n) is 7.54. The van der Waals surface area contributed by atoms with Crippen molar-refractivity contribution in [1.82, 2.24) is 15.1 Å². The number of aromatic carboxylic acids is 1. The molecule has 1 amide bonds. The molecule has 1 aromatic heterocycles. The van der Waals surface area contributed by atoms with Gasteiger partial charge in [-0.15, -0.1) is 0 Å². The number of hydrogen-bond donors (Lipinski definition) is 2. The Morgan fingerprint density at radius 1 is 0.733 bits per heavy atom. The molecule has 9 heteroatoms. The van der Waals surface area contributed by atoms with Crippen LogP contribution in [0.15, 0.2) is 121 Å². The highest BCUT2D eigenvalue weighted by atomic mass is 19.4. The van der Waals surface area contributed by atoms with Crippen molar-refractivity contribution in [3.8, 4) is 22.3 Å². The van der Waals surface area contributed by atoms with Crippen LogP contribution in [0.25, 0.3) is 33.2 Å². The zero-order chi connectivity index (χ0) is 31.6. The molecule has 224 valence electrons. The SMILES string of the molecule is O=C(O)c1ccc(CNC(=O)c2cc(-c3ccc(C(F)(F)F)cc3)cc3cnn(Cc4cccc(-c5ccccc5)c4)c23)cc1. The molecule has 1 heterocycles. The van der Waals surface area contributed by atoms with E-state index in [-0.39, 0.29) is 12.1 Å². The number of fused-ring (bicyclic) bond motifs is 1. The van der Waals surface area contributed by atoms with E-state index in [1.54, 1.807) is 29.1 Å². The number of carboxylic acid groups (broad SMARTS) is 1. The van der Waals surface area contributed by atoms with Gasteiger partial charge in [0.05, 0.1) is 34.9 Å². The summed E-state index contributed by atoms with van der Waals surface area (Å²) in [5, 5.41) is 17.3. The molecule has 6 aromatic rings. The smallest absolute Gasteiger partial charge is 0.416 e. The fourth-order valence-electron chi connectivity index (χ4n) is 5.24. The number of benzene rings is 5. The third-order valence-corrected chi connectivity index (χ3v) is 7.54. The lowest BCUT2D eigenvalue weighted by atomic mass is 9.98. The van der Waals surface area contributed by atoms with Crippen LogP contribution in [0.2, 0.25) is 0 Å². The molecule has 0 spiro atoms. The number of halogens is 3. The molecular formula is C36H26F3N3O3. The van der Waals surface area contributed by atoms with Crippen LogP contribution < -0.4 is 5.32 Å². The van der Waals surface area contributed by atoms with Crippen molar-refractivity contribution in [2.45, 2.75) is 19.3 Å². The van der Waals surface area contributed by atoms with Crippen LogP contribution in [-0.2, 0) is 19.3 Å². The molecule has 0 atom stereocenters. The number of carbonyl (C=O) groups is 2. The number of alkyl halides is 3. The Balaban J connectivity index is 1.37. The molecule has 6 nitrogen and oxygen atoms in total. The summed E-state index contributed by atoms with van der Waals surface area (Å²) in [7, 11) is 0. The number of carboxylic acids is 1. The maximum absolute atomic E-state index is 13.7. The number of nitrogens with one attached hydrogen (secondary N) is 1. The fourth-order valence-corrected chi connectivity index (χ4v) is 5.24. The Labute approximate surface area is 256 Å². The monoisotopic (exact) mass is 605 g/mol. The largest absolute Gasteiger partial charge is 0.478 e. The number of carbonyl (C=O) groups excluding carboxylic acids is 1. The average molecular weight is 606 g/mol. The Morgan fingerprint density at radius 3 is 2.11 bits per heavy atom. The van der Waals surface area contributed by atoms with Crippen LogP contribution >= 0.6 is 0 Å². The first kappa shape index (κ1) is 29.4. The molecule has 0 saturated heterocycles. The molecule has 6 rings (SSSR count). The summed E-state index contributed by atoms with van der Waals surface area (Å²) in [6, 6.07) is 32.5. The molecule has 0 fully saturated rings. The summed E-state index contributed by atoms with van der Waals surface area (Å²) in [4.78, 5) is 24.9. The van der Waals surface area contributed by atoms with Crippen LogP contribution in [0.4, 0.5) is 13.2 Å². The summed E-state index contributed by atoms with van der Waals surface area (Å²) in [6.07, 6.45) is -2.82. The van der Waals surface area contributed by atoms with Gasteiger partial charge in [-0.2, -0.15) is 18.3 Å². The third kappa shape index (κ3) is 6.47. The zero-order valence-electron chi connectivity index (χ0n) is 23.8. The minimum absolute atomic E-state index is 0.135. The minimum atomic E-state index is -4.46.